The van der Waals surface area contributed by atoms with Crippen molar-refractivity contribution in [1.82, 2.24) is 10.6 Å². The molecule has 2 aromatic carbocycles. The molecule has 3 rings (SSSR count). The maximum absolute atomic E-state index is 13.0. The van der Waals surface area contributed by atoms with Gasteiger partial charge in [0.05, 0.1) is 13.2 Å². The van der Waals surface area contributed by atoms with Gasteiger partial charge in [-0.05, 0) is 61.2 Å². The fraction of sp³-hybridized carbons (Fsp3) is 0.167. The first kappa shape index (κ1) is 21.3. The third kappa shape index (κ3) is 5.58. The second-order valence-corrected chi connectivity index (χ2v) is 7.84. The Balaban J connectivity index is 1.78. The van der Waals surface area contributed by atoms with Gasteiger partial charge in [0.2, 0.25) is 0 Å². The lowest BCUT2D eigenvalue weighted by Gasteiger charge is -2.17. The summed E-state index contributed by atoms with van der Waals surface area (Å²) in [5, 5.41) is 7.64. The van der Waals surface area contributed by atoms with Crippen molar-refractivity contribution in [3.05, 3.63) is 93.3 Å². The lowest BCUT2D eigenvalue weighted by Crippen LogP contribution is -2.36. The van der Waals surface area contributed by atoms with Crippen molar-refractivity contribution in [2.45, 2.75) is 19.9 Å². The molecule has 0 spiro atoms. The Kier molecular flexibility index (Phi) is 7.03. The number of methoxy groups -OCH3 is 1. The van der Waals surface area contributed by atoms with Crippen molar-refractivity contribution >= 4 is 29.2 Å². The van der Waals surface area contributed by atoms with E-state index in [9.17, 15) is 9.59 Å². The monoisotopic (exact) mass is 420 g/mol. The lowest BCUT2D eigenvalue weighted by atomic mass is 10.1. The standard InChI is InChI=1S/C24H24N2O3S/c1-16-6-8-19(9-7-16)23(27)26-22(15-21-5-4-14-30-21)24(28)25-17(2)18-10-12-20(29-3)13-11-18/h4-15,17H,1-3H3,(H,25,28)(H,26,27)/b22-15-/t17-/m0/s1. The number of amides is 2. The SMILES string of the molecule is COc1ccc([C@H](C)NC(=O)/C(=C/c2cccs2)NC(=O)c2ccc(C)cc2)cc1. The minimum atomic E-state index is -0.354. The quantitative estimate of drug-likeness (QED) is 0.544. The summed E-state index contributed by atoms with van der Waals surface area (Å²) in [5.41, 5.74) is 2.69. The molecule has 0 bridgehead atoms. The van der Waals surface area contributed by atoms with E-state index in [-0.39, 0.29) is 23.6 Å². The zero-order chi connectivity index (χ0) is 21.5. The van der Waals surface area contributed by atoms with Gasteiger partial charge in [0, 0.05) is 10.4 Å². The normalized spacial score (nSPS) is 12.2. The highest BCUT2D eigenvalue weighted by atomic mass is 32.1. The Morgan fingerprint density at radius 1 is 1.03 bits per heavy atom. The van der Waals surface area contributed by atoms with Crippen LogP contribution in [0.25, 0.3) is 6.08 Å². The average molecular weight is 421 g/mol. The number of hydrogen-bond acceptors (Lipinski definition) is 4. The van der Waals surface area contributed by atoms with E-state index >= 15 is 0 Å². The van der Waals surface area contributed by atoms with E-state index in [0.29, 0.717) is 5.56 Å². The van der Waals surface area contributed by atoms with E-state index in [0.717, 1.165) is 21.8 Å². The molecule has 2 N–H and O–H groups in total. The summed E-state index contributed by atoms with van der Waals surface area (Å²) in [7, 11) is 1.61. The first-order valence-electron chi connectivity index (χ1n) is 9.54. The molecule has 0 saturated heterocycles. The maximum Gasteiger partial charge on any atom is 0.268 e. The first-order chi connectivity index (χ1) is 14.5. The van der Waals surface area contributed by atoms with Crippen LogP contribution in [0.5, 0.6) is 5.75 Å². The number of thiophene rings is 1. The molecule has 0 fully saturated rings. The van der Waals surface area contributed by atoms with Crippen molar-refractivity contribution in [3.8, 4) is 5.75 Å². The molecule has 3 aromatic rings. The van der Waals surface area contributed by atoms with Gasteiger partial charge in [-0.15, -0.1) is 11.3 Å². The molecule has 0 aliphatic rings. The summed E-state index contributed by atoms with van der Waals surface area (Å²) in [6, 6.07) is 18.2. The van der Waals surface area contributed by atoms with Crippen molar-refractivity contribution in [2.24, 2.45) is 0 Å². The number of rotatable bonds is 7. The molecule has 30 heavy (non-hydrogen) atoms. The summed E-state index contributed by atoms with van der Waals surface area (Å²) >= 11 is 1.49. The summed E-state index contributed by atoms with van der Waals surface area (Å²) in [6.07, 6.45) is 1.69. The molecule has 1 atom stereocenters. The molecule has 5 nitrogen and oxygen atoms in total. The largest absolute Gasteiger partial charge is 0.497 e. The number of benzene rings is 2. The molecular formula is C24H24N2O3S. The number of hydrogen-bond donors (Lipinski definition) is 2. The van der Waals surface area contributed by atoms with Crippen molar-refractivity contribution < 1.29 is 14.3 Å². The molecule has 1 heterocycles. The van der Waals surface area contributed by atoms with Crippen molar-refractivity contribution in [2.75, 3.05) is 7.11 Å². The Morgan fingerprint density at radius 3 is 2.33 bits per heavy atom. The van der Waals surface area contributed by atoms with Crippen molar-refractivity contribution in [3.63, 3.8) is 0 Å². The molecule has 0 unspecified atom stereocenters. The predicted octanol–water partition coefficient (Wildman–Crippen LogP) is 4.71. The average Bonchev–Trinajstić information content (AvgIpc) is 3.27. The lowest BCUT2D eigenvalue weighted by molar-refractivity contribution is -0.118. The van der Waals surface area contributed by atoms with E-state index < -0.39 is 0 Å². The van der Waals surface area contributed by atoms with Crippen LogP contribution in [0.2, 0.25) is 0 Å². The van der Waals surface area contributed by atoms with Gasteiger partial charge < -0.3 is 15.4 Å². The van der Waals surface area contributed by atoms with Crippen molar-refractivity contribution in [1.29, 1.82) is 0 Å². The summed E-state index contributed by atoms with van der Waals surface area (Å²) in [4.78, 5) is 26.5. The van der Waals surface area contributed by atoms with Gasteiger partial charge in [-0.3, -0.25) is 9.59 Å². The zero-order valence-electron chi connectivity index (χ0n) is 17.1. The molecule has 0 radical (unpaired) electrons. The third-order valence-corrected chi connectivity index (χ3v) is 5.42. The van der Waals surface area contributed by atoms with Crippen LogP contribution in [0.4, 0.5) is 0 Å². The fourth-order valence-electron chi connectivity index (χ4n) is 2.82. The van der Waals surface area contributed by atoms with Gasteiger partial charge in [-0.2, -0.15) is 0 Å². The van der Waals surface area contributed by atoms with Gasteiger partial charge in [-0.1, -0.05) is 35.9 Å². The molecule has 2 amide bonds. The van der Waals surface area contributed by atoms with E-state index in [4.69, 9.17) is 4.74 Å². The topological polar surface area (TPSA) is 67.4 Å². The molecule has 0 saturated carbocycles. The van der Waals surface area contributed by atoms with Crippen LogP contribution >= 0.6 is 11.3 Å². The van der Waals surface area contributed by atoms with Crippen LogP contribution in [-0.4, -0.2) is 18.9 Å². The Labute approximate surface area is 180 Å². The number of carbonyl (C=O) groups is 2. The summed E-state index contributed by atoms with van der Waals surface area (Å²) in [5.74, 6) is 0.0677. The van der Waals surface area contributed by atoms with E-state index in [1.807, 2.05) is 67.8 Å². The number of nitrogens with one attached hydrogen (secondary N) is 2. The molecule has 0 aliphatic carbocycles. The molecule has 154 valence electrons. The van der Waals surface area contributed by atoms with Gasteiger partial charge in [-0.25, -0.2) is 0 Å². The van der Waals surface area contributed by atoms with Crippen LogP contribution in [0, 0.1) is 6.92 Å². The number of ether oxygens (including phenoxy) is 1. The van der Waals surface area contributed by atoms with Gasteiger partial charge in [0.1, 0.15) is 11.4 Å². The highest BCUT2D eigenvalue weighted by Gasteiger charge is 2.17. The van der Waals surface area contributed by atoms with Crippen LogP contribution in [-0.2, 0) is 4.79 Å². The number of aryl methyl sites for hydroxylation is 1. The zero-order valence-corrected chi connectivity index (χ0v) is 18.0. The second kappa shape index (κ2) is 9.89. The molecule has 6 heteroatoms. The highest BCUT2D eigenvalue weighted by Crippen LogP contribution is 2.18. The van der Waals surface area contributed by atoms with E-state index in [1.165, 1.54) is 11.3 Å². The molecular weight excluding hydrogens is 396 g/mol. The van der Waals surface area contributed by atoms with Gasteiger partial charge in [0.15, 0.2) is 0 Å². The molecule has 0 aliphatic heterocycles. The first-order valence-corrected chi connectivity index (χ1v) is 10.4. The molecule has 1 aromatic heterocycles. The Bertz CT molecular complexity index is 1020. The Hall–Kier alpha value is -3.38. The predicted molar refractivity (Wildman–Crippen MR) is 120 cm³/mol. The minimum absolute atomic E-state index is 0.198. The fourth-order valence-corrected chi connectivity index (χ4v) is 3.48. The maximum atomic E-state index is 13.0. The third-order valence-electron chi connectivity index (χ3n) is 4.60. The van der Waals surface area contributed by atoms with Crippen LogP contribution in [0.1, 0.15) is 39.3 Å². The van der Waals surface area contributed by atoms with E-state index in [1.54, 1.807) is 25.3 Å². The Morgan fingerprint density at radius 2 is 1.73 bits per heavy atom. The number of carbonyl (C=O) groups excluding carboxylic acids is 2. The van der Waals surface area contributed by atoms with Crippen LogP contribution in [0.3, 0.4) is 0 Å². The van der Waals surface area contributed by atoms with Crippen LogP contribution < -0.4 is 15.4 Å². The van der Waals surface area contributed by atoms with Gasteiger partial charge >= 0.3 is 0 Å². The van der Waals surface area contributed by atoms with Gasteiger partial charge in [0.25, 0.3) is 11.8 Å². The summed E-state index contributed by atoms with van der Waals surface area (Å²) in [6.45, 7) is 3.85. The highest BCUT2D eigenvalue weighted by molar-refractivity contribution is 7.10. The minimum Gasteiger partial charge on any atom is -0.497 e. The smallest absolute Gasteiger partial charge is 0.268 e. The van der Waals surface area contributed by atoms with E-state index in [2.05, 4.69) is 10.6 Å². The summed E-state index contributed by atoms with van der Waals surface area (Å²) < 4.78 is 5.18. The van der Waals surface area contributed by atoms with Crippen LogP contribution in [0.15, 0.2) is 71.7 Å². The second-order valence-electron chi connectivity index (χ2n) is 6.86.